The van der Waals surface area contributed by atoms with Crippen LogP contribution in [0, 0.1) is 11.8 Å². The van der Waals surface area contributed by atoms with Gasteiger partial charge >= 0.3 is 0 Å². The summed E-state index contributed by atoms with van der Waals surface area (Å²) in [5.74, 6) is 0.558. The molecule has 0 radical (unpaired) electrons. The van der Waals surface area contributed by atoms with Crippen LogP contribution in [0.1, 0.15) is 36.4 Å². The van der Waals surface area contributed by atoms with E-state index in [1.165, 1.54) is 5.56 Å². The Morgan fingerprint density at radius 1 is 1.04 bits per heavy atom. The van der Waals surface area contributed by atoms with E-state index >= 15 is 0 Å². The van der Waals surface area contributed by atoms with Gasteiger partial charge in [0.2, 0.25) is 5.91 Å². The van der Waals surface area contributed by atoms with Gasteiger partial charge in [-0.3, -0.25) is 4.79 Å². The van der Waals surface area contributed by atoms with Crippen molar-refractivity contribution < 1.29 is 4.79 Å². The highest BCUT2D eigenvalue weighted by Crippen LogP contribution is 2.32. The summed E-state index contributed by atoms with van der Waals surface area (Å²) < 4.78 is 0. The van der Waals surface area contributed by atoms with Crippen LogP contribution < -0.4 is 11.1 Å². The van der Waals surface area contributed by atoms with E-state index in [2.05, 4.69) is 29.6 Å². The Labute approximate surface area is 144 Å². The Kier molecular flexibility index (Phi) is 5.65. The SMILES string of the molecule is NC[C@H]1CCC[C@H]1C(=O)NC(Cc1ccccc1)c1ccccc1. The van der Waals surface area contributed by atoms with Gasteiger partial charge in [-0.2, -0.15) is 0 Å². The Balaban J connectivity index is 1.76. The van der Waals surface area contributed by atoms with Crippen LogP contribution in [0.15, 0.2) is 60.7 Å². The minimum atomic E-state index is 0.000115. The van der Waals surface area contributed by atoms with E-state index in [4.69, 9.17) is 5.73 Å². The second-order valence-electron chi connectivity index (χ2n) is 6.69. The maximum atomic E-state index is 12.8. The van der Waals surface area contributed by atoms with Gasteiger partial charge in [-0.1, -0.05) is 67.1 Å². The van der Waals surface area contributed by atoms with Crippen molar-refractivity contribution in [3.63, 3.8) is 0 Å². The third-order valence-electron chi connectivity index (χ3n) is 5.10. The molecule has 1 aliphatic carbocycles. The van der Waals surface area contributed by atoms with Crippen molar-refractivity contribution in [3.8, 4) is 0 Å². The van der Waals surface area contributed by atoms with Crippen LogP contribution in [0.5, 0.6) is 0 Å². The lowest BCUT2D eigenvalue weighted by Crippen LogP contribution is -2.38. The van der Waals surface area contributed by atoms with Gasteiger partial charge in [0.1, 0.15) is 0 Å². The molecule has 3 nitrogen and oxygen atoms in total. The summed E-state index contributed by atoms with van der Waals surface area (Å²) in [6, 6.07) is 20.6. The van der Waals surface area contributed by atoms with E-state index in [9.17, 15) is 4.79 Å². The van der Waals surface area contributed by atoms with Gasteiger partial charge in [-0.25, -0.2) is 0 Å². The number of rotatable bonds is 6. The number of carbonyl (C=O) groups is 1. The summed E-state index contributed by atoms with van der Waals surface area (Å²) in [5.41, 5.74) is 8.23. The summed E-state index contributed by atoms with van der Waals surface area (Å²) in [7, 11) is 0. The molecular formula is C21H26N2O. The number of amides is 1. The maximum absolute atomic E-state index is 12.8. The highest BCUT2D eigenvalue weighted by molar-refractivity contribution is 5.79. The lowest BCUT2D eigenvalue weighted by atomic mass is 9.93. The zero-order valence-electron chi connectivity index (χ0n) is 14.0. The van der Waals surface area contributed by atoms with Crippen molar-refractivity contribution in [3.05, 3.63) is 71.8 Å². The maximum Gasteiger partial charge on any atom is 0.223 e. The molecule has 1 fully saturated rings. The first-order valence-corrected chi connectivity index (χ1v) is 8.87. The monoisotopic (exact) mass is 322 g/mol. The number of hydrogen-bond acceptors (Lipinski definition) is 2. The largest absolute Gasteiger partial charge is 0.349 e. The molecule has 0 spiro atoms. The molecular weight excluding hydrogens is 296 g/mol. The van der Waals surface area contributed by atoms with Gasteiger partial charge in [0, 0.05) is 5.92 Å². The molecule has 2 aromatic carbocycles. The summed E-state index contributed by atoms with van der Waals surface area (Å²) >= 11 is 0. The van der Waals surface area contributed by atoms with E-state index in [1.807, 2.05) is 36.4 Å². The fourth-order valence-corrected chi connectivity index (χ4v) is 3.73. The van der Waals surface area contributed by atoms with Crippen LogP contribution in [-0.2, 0) is 11.2 Å². The molecule has 1 amide bonds. The second-order valence-corrected chi connectivity index (χ2v) is 6.69. The molecule has 1 aliphatic rings. The lowest BCUT2D eigenvalue weighted by Gasteiger charge is -2.24. The van der Waals surface area contributed by atoms with E-state index < -0.39 is 0 Å². The van der Waals surface area contributed by atoms with Crippen molar-refractivity contribution in [1.82, 2.24) is 5.32 Å². The Hall–Kier alpha value is -2.13. The van der Waals surface area contributed by atoms with Crippen LogP contribution >= 0.6 is 0 Å². The van der Waals surface area contributed by atoms with Crippen molar-refractivity contribution in [2.45, 2.75) is 31.7 Å². The molecule has 1 saturated carbocycles. The van der Waals surface area contributed by atoms with E-state index in [0.29, 0.717) is 12.5 Å². The number of benzene rings is 2. The minimum Gasteiger partial charge on any atom is -0.349 e. The summed E-state index contributed by atoms with van der Waals surface area (Å²) in [6.07, 6.45) is 3.94. The average molecular weight is 322 g/mol. The number of carbonyl (C=O) groups excluding carboxylic acids is 1. The van der Waals surface area contributed by atoms with Gasteiger partial charge in [-0.15, -0.1) is 0 Å². The summed E-state index contributed by atoms with van der Waals surface area (Å²) in [4.78, 5) is 12.8. The topological polar surface area (TPSA) is 55.1 Å². The molecule has 0 heterocycles. The number of hydrogen-bond donors (Lipinski definition) is 2. The summed E-state index contributed by atoms with van der Waals surface area (Å²) in [6.45, 7) is 0.604. The first-order chi connectivity index (χ1) is 11.8. The predicted octanol–water partition coefficient (Wildman–Crippen LogP) is 3.46. The quantitative estimate of drug-likeness (QED) is 0.856. The standard InChI is InChI=1S/C21H26N2O/c22-15-18-12-7-13-19(18)21(24)23-20(17-10-5-2-6-11-17)14-16-8-3-1-4-9-16/h1-6,8-11,18-20H,7,12-15,22H2,(H,23,24)/t18-,19-,20?/m1/s1. The van der Waals surface area contributed by atoms with Crippen LogP contribution in [-0.4, -0.2) is 12.5 Å². The van der Waals surface area contributed by atoms with Gasteiger partial charge in [0.15, 0.2) is 0 Å². The minimum absolute atomic E-state index is 0.000115. The van der Waals surface area contributed by atoms with E-state index in [1.54, 1.807) is 0 Å². The first kappa shape index (κ1) is 16.7. The lowest BCUT2D eigenvalue weighted by molar-refractivity contribution is -0.126. The first-order valence-electron chi connectivity index (χ1n) is 8.87. The molecule has 3 N–H and O–H groups in total. The third kappa shape index (κ3) is 4.04. The highest BCUT2D eigenvalue weighted by atomic mass is 16.2. The molecule has 1 unspecified atom stereocenters. The van der Waals surface area contributed by atoms with Crippen molar-refractivity contribution in [2.75, 3.05) is 6.54 Å². The molecule has 0 bridgehead atoms. The van der Waals surface area contributed by atoms with Crippen LogP contribution in [0.3, 0.4) is 0 Å². The molecule has 3 rings (SSSR count). The predicted molar refractivity (Wildman–Crippen MR) is 97.4 cm³/mol. The molecule has 24 heavy (non-hydrogen) atoms. The normalized spacial score (nSPS) is 21.4. The molecule has 3 heteroatoms. The average Bonchev–Trinajstić information content (AvgIpc) is 3.12. The highest BCUT2D eigenvalue weighted by Gasteiger charge is 2.33. The molecule has 3 atom stereocenters. The van der Waals surface area contributed by atoms with Crippen LogP contribution in [0.4, 0.5) is 0 Å². The molecule has 2 aromatic rings. The fourth-order valence-electron chi connectivity index (χ4n) is 3.73. The Morgan fingerprint density at radius 2 is 1.71 bits per heavy atom. The zero-order valence-corrected chi connectivity index (χ0v) is 14.0. The van der Waals surface area contributed by atoms with E-state index in [-0.39, 0.29) is 17.9 Å². The second kappa shape index (κ2) is 8.11. The van der Waals surface area contributed by atoms with E-state index in [0.717, 1.165) is 31.2 Å². The van der Waals surface area contributed by atoms with Crippen molar-refractivity contribution in [2.24, 2.45) is 17.6 Å². The third-order valence-corrected chi connectivity index (χ3v) is 5.10. The zero-order chi connectivity index (χ0) is 16.8. The van der Waals surface area contributed by atoms with Crippen molar-refractivity contribution in [1.29, 1.82) is 0 Å². The fraction of sp³-hybridized carbons (Fsp3) is 0.381. The smallest absolute Gasteiger partial charge is 0.223 e. The van der Waals surface area contributed by atoms with Crippen LogP contribution in [0.2, 0.25) is 0 Å². The number of nitrogens with one attached hydrogen (secondary N) is 1. The summed E-state index contributed by atoms with van der Waals surface area (Å²) in [5, 5.41) is 3.29. The van der Waals surface area contributed by atoms with Crippen molar-refractivity contribution >= 4 is 5.91 Å². The van der Waals surface area contributed by atoms with Gasteiger partial charge in [-0.05, 0) is 42.9 Å². The Bertz CT molecular complexity index is 641. The molecule has 0 aliphatic heterocycles. The Morgan fingerprint density at radius 3 is 2.38 bits per heavy atom. The van der Waals surface area contributed by atoms with Gasteiger partial charge in [0.05, 0.1) is 6.04 Å². The van der Waals surface area contributed by atoms with Crippen LogP contribution in [0.25, 0.3) is 0 Å². The molecule has 0 saturated heterocycles. The molecule has 126 valence electrons. The number of nitrogens with two attached hydrogens (primary N) is 1. The van der Waals surface area contributed by atoms with Gasteiger partial charge < -0.3 is 11.1 Å². The van der Waals surface area contributed by atoms with Gasteiger partial charge in [0.25, 0.3) is 0 Å². The molecule has 0 aromatic heterocycles.